The average molecular weight is 194 g/mol. The van der Waals surface area contributed by atoms with Crippen LogP contribution < -0.4 is 0 Å². The molecule has 5 heteroatoms. The van der Waals surface area contributed by atoms with Gasteiger partial charge in [-0.1, -0.05) is 0 Å². The van der Waals surface area contributed by atoms with Gasteiger partial charge in [-0.3, -0.25) is 4.39 Å². The summed E-state index contributed by atoms with van der Waals surface area (Å²) in [6.45, 7) is -0.744. The van der Waals surface area contributed by atoms with Gasteiger partial charge >= 0.3 is 0 Å². The molecule has 0 aromatic heterocycles. The molecular weight excluding hydrogens is 183 g/mol. The minimum Gasteiger partial charge on any atom is -0.303 e. The van der Waals surface area contributed by atoms with Gasteiger partial charge in [0.1, 0.15) is 22.8 Å². The number of halogens is 1. The number of rotatable bonds is 2. The molecule has 0 radical (unpaired) electrons. The summed E-state index contributed by atoms with van der Waals surface area (Å²) in [5.74, 6) is -0.120. The Bertz CT molecular complexity index is 256. The molecule has 1 aliphatic heterocycles. The topological polar surface area (TPSA) is 51.2 Å². The summed E-state index contributed by atoms with van der Waals surface area (Å²) in [4.78, 5) is 10.5. The van der Waals surface area contributed by atoms with Crippen LogP contribution in [-0.2, 0) is 14.6 Å². The molecule has 3 nitrogen and oxygen atoms in total. The van der Waals surface area contributed by atoms with Crippen molar-refractivity contribution < 1.29 is 17.6 Å². The molecule has 0 aliphatic carbocycles. The van der Waals surface area contributed by atoms with Gasteiger partial charge in [-0.25, -0.2) is 8.42 Å². The summed E-state index contributed by atoms with van der Waals surface area (Å²) in [6, 6.07) is 0. The van der Waals surface area contributed by atoms with E-state index in [9.17, 15) is 17.6 Å². The van der Waals surface area contributed by atoms with E-state index in [4.69, 9.17) is 0 Å². The Morgan fingerprint density at radius 3 is 2.17 bits per heavy atom. The summed E-state index contributed by atoms with van der Waals surface area (Å²) in [5, 5.41) is 0. The van der Waals surface area contributed by atoms with Crippen molar-refractivity contribution in [3.8, 4) is 0 Å². The van der Waals surface area contributed by atoms with E-state index in [0.29, 0.717) is 6.29 Å². The number of aldehydes is 1. The molecule has 0 bridgehead atoms. The number of alkyl halides is 1. The number of hydrogen-bond donors (Lipinski definition) is 0. The van der Waals surface area contributed by atoms with Gasteiger partial charge in [0.2, 0.25) is 0 Å². The van der Waals surface area contributed by atoms with Crippen molar-refractivity contribution >= 4 is 16.1 Å². The SMILES string of the molecule is O=CC1(CF)CCS(=O)(=O)CC1. The van der Waals surface area contributed by atoms with Crippen LogP contribution in [0.3, 0.4) is 0 Å². The van der Waals surface area contributed by atoms with Crippen LogP contribution in [-0.4, -0.2) is 32.9 Å². The maximum Gasteiger partial charge on any atom is 0.150 e. The first-order chi connectivity index (χ1) is 5.54. The number of carbonyl (C=O) groups is 1. The van der Waals surface area contributed by atoms with Gasteiger partial charge in [-0.05, 0) is 12.8 Å². The fraction of sp³-hybridized carbons (Fsp3) is 0.857. The molecule has 1 aliphatic rings. The van der Waals surface area contributed by atoms with Gasteiger partial charge in [0.25, 0.3) is 0 Å². The van der Waals surface area contributed by atoms with E-state index in [2.05, 4.69) is 0 Å². The standard InChI is InChI=1S/C7H11FO3S/c8-5-7(6-9)1-3-12(10,11)4-2-7/h6H,1-5H2. The normalized spacial score (nSPS) is 26.4. The quantitative estimate of drug-likeness (QED) is 0.596. The predicted molar refractivity (Wildman–Crippen MR) is 42.4 cm³/mol. The lowest BCUT2D eigenvalue weighted by Gasteiger charge is -2.28. The van der Waals surface area contributed by atoms with Crippen LogP contribution >= 0.6 is 0 Å². The van der Waals surface area contributed by atoms with E-state index in [1.54, 1.807) is 0 Å². The predicted octanol–water partition coefficient (Wildman–Crippen LogP) is 0.350. The summed E-state index contributed by atoms with van der Waals surface area (Å²) >= 11 is 0. The van der Waals surface area contributed by atoms with Gasteiger partial charge in [-0.15, -0.1) is 0 Å². The van der Waals surface area contributed by atoms with Gasteiger partial charge in [-0.2, -0.15) is 0 Å². The zero-order valence-corrected chi connectivity index (χ0v) is 7.44. The van der Waals surface area contributed by atoms with Crippen LogP contribution in [0.2, 0.25) is 0 Å². The lowest BCUT2D eigenvalue weighted by atomic mass is 9.85. The number of carbonyl (C=O) groups excluding carboxylic acids is 1. The van der Waals surface area contributed by atoms with Crippen LogP contribution in [0.4, 0.5) is 4.39 Å². The van der Waals surface area contributed by atoms with Crippen LogP contribution in [0.25, 0.3) is 0 Å². The fourth-order valence-corrected chi connectivity index (χ4v) is 2.87. The average Bonchev–Trinajstić information content (AvgIpc) is 2.06. The first kappa shape index (κ1) is 9.64. The van der Waals surface area contributed by atoms with Crippen molar-refractivity contribution in [2.75, 3.05) is 18.2 Å². The second-order valence-electron chi connectivity index (χ2n) is 3.27. The molecule has 0 atom stereocenters. The second-order valence-corrected chi connectivity index (χ2v) is 5.57. The van der Waals surface area contributed by atoms with Crippen molar-refractivity contribution in [3.05, 3.63) is 0 Å². The van der Waals surface area contributed by atoms with E-state index in [1.165, 1.54) is 0 Å². The van der Waals surface area contributed by atoms with E-state index in [-0.39, 0.29) is 24.3 Å². The Morgan fingerprint density at radius 2 is 1.83 bits per heavy atom. The minimum atomic E-state index is -3.00. The summed E-state index contributed by atoms with van der Waals surface area (Å²) in [6.07, 6.45) is 0.826. The molecule has 12 heavy (non-hydrogen) atoms. The molecule has 0 spiro atoms. The number of sulfone groups is 1. The van der Waals surface area contributed by atoms with Crippen molar-refractivity contribution in [1.82, 2.24) is 0 Å². The molecule has 0 aromatic carbocycles. The first-order valence-electron chi connectivity index (χ1n) is 3.76. The summed E-state index contributed by atoms with van der Waals surface area (Å²) in [5.41, 5.74) is -1.01. The highest BCUT2D eigenvalue weighted by Gasteiger charge is 2.37. The molecule has 1 saturated heterocycles. The molecule has 0 aromatic rings. The molecule has 1 heterocycles. The first-order valence-corrected chi connectivity index (χ1v) is 5.58. The fourth-order valence-electron chi connectivity index (χ4n) is 1.23. The minimum absolute atomic E-state index is 0.0599. The molecule has 1 rings (SSSR count). The molecule has 0 N–H and O–H groups in total. The monoisotopic (exact) mass is 194 g/mol. The van der Waals surface area contributed by atoms with Gasteiger partial charge in [0, 0.05) is 0 Å². The van der Waals surface area contributed by atoms with E-state index >= 15 is 0 Å². The highest BCUT2D eigenvalue weighted by molar-refractivity contribution is 7.91. The Kier molecular flexibility index (Phi) is 2.51. The lowest BCUT2D eigenvalue weighted by Crippen LogP contribution is -2.36. The molecule has 0 amide bonds. The number of hydrogen-bond acceptors (Lipinski definition) is 3. The van der Waals surface area contributed by atoms with Gasteiger partial charge < -0.3 is 4.79 Å². The lowest BCUT2D eigenvalue weighted by molar-refractivity contribution is -0.117. The smallest absolute Gasteiger partial charge is 0.150 e. The third-order valence-corrected chi connectivity index (χ3v) is 3.99. The van der Waals surface area contributed by atoms with Crippen molar-refractivity contribution in [2.24, 2.45) is 5.41 Å². The maximum absolute atomic E-state index is 12.4. The summed E-state index contributed by atoms with van der Waals surface area (Å²) < 4.78 is 34.2. The third kappa shape index (κ3) is 1.83. The van der Waals surface area contributed by atoms with Crippen LogP contribution in [0.15, 0.2) is 0 Å². The highest BCUT2D eigenvalue weighted by atomic mass is 32.2. The van der Waals surface area contributed by atoms with Crippen LogP contribution in [0, 0.1) is 5.41 Å². The highest BCUT2D eigenvalue weighted by Crippen LogP contribution is 2.30. The Hall–Kier alpha value is -0.450. The van der Waals surface area contributed by atoms with E-state index in [1.807, 2.05) is 0 Å². The van der Waals surface area contributed by atoms with Crippen molar-refractivity contribution in [3.63, 3.8) is 0 Å². The second kappa shape index (κ2) is 3.12. The molecule has 0 saturated carbocycles. The van der Waals surface area contributed by atoms with Gasteiger partial charge in [0.05, 0.1) is 16.9 Å². The van der Waals surface area contributed by atoms with E-state index in [0.717, 1.165) is 0 Å². The largest absolute Gasteiger partial charge is 0.303 e. The Morgan fingerprint density at radius 1 is 1.33 bits per heavy atom. The van der Waals surface area contributed by atoms with Crippen molar-refractivity contribution in [1.29, 1.82) is 0 Å². The van der Waals surface area contributed by atoms with E-state index < -0.39 is 21.9 Å². The maximum atomic E-state index is 12.4. The van der Waals surface area contributed by atoms with Crippen LogP contribution in [0.1, 0.15) is 12.8 Å². The Labute approximate surface area is 70.9 Å². The van der Waals surface area contributed by atoms with Crippen LogP contribution in [0.5, 0.6) is 0 Å². The zero-order valence-electron chi connectivity index (χ0n) is 6.62. The summed E-state index contributed by atoms with van der Waals surface area (Å²) in [7, 11) is -3.00. The molecule has 1 fully saturated rings. The zero-order chi connectivity index (χ0) is 9.24. The third-order valence-electron chi connectivity index (χ3n) is 2.34. The van der Waals surface area contributed by atoms with Gasteiger partial charge in [0.15, 0.2) is 0 Å². The molecule has 70 valence electrons. The molecular formula is C7H11FO3S. The Balaban J connectivity index is 2.72. The van der Waals surface area contributed by atoms with Crippen molar-refractivity contribution in [2.45, 2.75) is 12.8 Å². The molecule has 0 unspecified atom stereocenters.